The van der Waals surface area contributed by atoms with Gasteiger partial charge in [-0.25, -0.2) is 4.79 Å². The van der Waals surface area contributed by atoms with E-state index in [-0.39, 0.29) is 11.3 Å². The molecule has 0 aliphatic heterocycles. The molecule has 104 valence electrons. The van der Waals surface area contributed by atoms with Gasteiger partial charge in [0.15, 0.2) is 5.78 Å². The lowest BCUT2D eigenvalue weighted by molar-refractivity contribution is 0.101. The van der Waals surface area contributed by atoms with Crippen LogP contribution in [0.25, 0.3) is 0 Å². The lowest BCUT2D eigenvalue weighted by Crippen LogP contribution is -2.40. The summed E-state index contributed by atoms with van der Waals surface area (Å²) in [6.45, 7) is 1.75. The first-order valence-electron chi connectivity index (χ1n) is 6.36. The van der Waals surface area contributed by atoms with Crippen molar-refractivity contribution in [2.24, 2.45) is 7.05 Å². The fourth-order valence-electron chi connectivity index (χ4n) is 2.02. The Bertz CT molecular complexity index is 742. The molecule has 1 heterocycles. The van der Waals surface area contributed by atoms with Gasteiger partial charge in [0.2, 0.25) is 0 Å². The Balaban J connectivity index is 2.35. The lowest BCUT2D eigenvalue weighted by atomic mass is 10.1. The first-order valence-corrected chi connectivity index (χ1v) is 6.36. The number of nitrogens with zero attached hydrogens (tertiary/aromatic N) is 2. The molecule has 0 N–H and O–H groups in total. The van der Waals surface area contributed by atoms with Crippen molar-refractivity contribution in [1.29, 1.82) is 0 Å². The van der Waals surface area contributed by atoms with Crippen LogP contribution in [-0.4, -0.2) is 14.9 Å². The summed E-state index contributed by atoms with van der Waals surface area (Å²) < 4.78 is 2.38. The van der Waals surface area contributed by atoms with Gasteiger partial charge in [0.25, 0.3) is 5.56 Å². The molecule has 0 saturated heterocycles. The van der Waals surface area contributed by atoms with E-state index in [4.69, 9.17) is 0 Å². The lowest BCUT2D eigenvalue weighted by Gasteiger charge is -2.09. The van der Waals surface area contributed by atoms with Gasteiger partial charge in [-0.3, -0.25) is 18.7 Å². The van der Waals surface area contributed by atoms with E-state index in [1.54, 1.807) is 0 Å². The van der Waals surface area contributed by atoms with Gasteiger partial charge in [0.05, 0.1) is 5.56 Å². The van der Waals surface area contributed by atoms with E-state index in [0.717, 1.165) is 10.1 Å². The van der Waals surface area contributed by atoms with Gasteiger partial charge in [-0.15, -0.1) is 0 Å². The summed E-state index contributed by atoms with van der Waals surface area (Å²) in [5.74, 6) is -0.334. The van der Waals surface area contributed by atoms with Gasteiger partial charge < -0.3 is 0 Å². The molecule has 5 heteroatoms. The molecule has 0 aliphatic carbocycles. The van der Waals surface area contributed by atoms with Crippen LogP contribution in [0.2, 0.25) is 0 Å². The number of rotatable bonds is 4. The van der Waals surface area contributed by atoms with Gasteiger partial charge in [-0.2, -0.15) is 0 Å². The second kappa shape index (κ2) is 5.69. The fourth-order valence-corrected chi connectivity index (χ4v) is 2.02. The number of ketones is 1. The number of Topliss-reactive ketones (excluding diaryl/α,β-unsaturated/α-hetero) is 1. The molecular formula is C15H16N2O3. The molecule has 0 amide bonds. The van der Waals surface area contributed by atoms with Gasteiger partial charge in [0.1, 0.15) is 0 Å². The summed E-state index contributed by atoms with van der Waals surface area (Å²) in [6, 6.07) is 9.73. The largest absolute Gasteiger partial charge is 0.330 e. The maximum absolute atomic E-state index is 12.0. The van der Waals surface area contributed by atoms with Gasteiger partial charge in [0, 0.05) is 19.8 Å². The standard InChI is InChI=1S/C15H16N2O3/c1-11(18)13-10-17(15(20)16(2)14(13)19)9-8-12-6-4-3-5-7-12/h3-7,10H,8-9H2,1-2H3. The second-order valence-electron chi connectivity index (χ2n) is 4.67. The molecule has 20 heavy (non-hydrogen) atoms. The number of carbonyl (C=O) groups excluding carboxylic acids is 1. The Hall–Kier alpha value is -2.43. The zero-order valence-corrected chi connectivity index (χ0v) is 11.5. The van der Waals surface area contributed by atoms with Crippen molar-refractivity contribution in [3.8, 4) is 0 Å². The van der Waals surface area contributed by atoms with Crippen LogP contribution in [0, 0.1) is 0 Å². The van der Waals surface area contributed by atoms with Crippen LogP contribution in [-0.2, 0) is 20.0 Å². The molecule has 0 spiro atoms. The van der Waals surface area contributed by atoms with Crippen molar-refractivity contribution in [3.63, 3.8) is 0 Å². The van der Waals surface area contributed by atoms with E-state index >= 15 is 0 Å². The number of hydrogen-bond acceptors (Lipinski definition) is 3. The molecule has 0 atom stereocenters. The quantitative estimate of drug-likeness (QED) is 0.780. The monoisotopic (exact) mass is 272 g/mol. The number of aromatic nitrogens is 2. The molecule has 2 rings (SSSR count). The smallest absolute Gasteiger partial charge is 0.299 e. The molecule has 0 radical (unpaired) electrons. The SMILES string of the molecule is CC(=O)c1cn(CCc2ccccc2)c(=O)n(C)c1=O. The van der Waals surface area contributed by atoms with Gasteiger partial charge in [-0.05, 0) is 18.9 Å². The van der Waals surface area contributed by atoms with Crippen molar-refractivity contribution in [1.82, 2.24) is 9.13 Å². The highest BCUT2D eigenvalue weighted by Crippen LogP contribution is 2.01. The summed E-state index contributed by atoms with van der Waals surface area (Å²) in [4.78, 5) is 35.2. The Morgan fingerprint density at radius 1 is 1.15 bits per heavy atom. The predicted molar refractivity (Wildman–Crippen MR) is 76.1 cm³/mol. The Morgan fingerprint density at radius 3 is 2.40 bits per heavy atom. The molecule has 0 unspecified atom stereocenters. The number of benzene rings is 1. The molecule has 1 aromatic carbocycles. The second-order valence-corrected chi connectivity index (χ2v) is 4.67. The van der Waals surface area contributed by atoms with Gasteiger partial charge in [-0.1, -0.05) is 30.3 Å². The highest BCUT2D eigenvalue weighted by molar-refractivity contribution is 5.93. The Labute approximate surface area is 116 Å². The van der Waals surface area contributed by atoms with Crippen LogP contribution in [0.5, 0.6) is 0 Å². The first-order chi connectivity index (χ1) is 9.50. The Kier molecular flexibility index (Phi) is 3.98. The molecule has 1 aromatic heterocycles. The zero-order chi connectivity index (χ0) is 14.7. The highest BCUT2D eigenvalue weighted by Gasteiger charge is 2.11. The van der Waals surface area contributed by atoms with Crippen LogP contribution in [0.15, 0.2) is 46.1 Å². The molecule has 0 aliphatic rings. The number of aryl methyl sites for hydroxylation is 2. The number of carbonyl (C=O) groups is 1. The predicted octanol–water partition coefficient (Wildman–Crippen LogP) is 0.992. The van der Waals surface area contributed by atoms with Crippen LogP contribution < -0.4 is 11.2 Å². The summed E-state index contributed by atoms with van der Waals surface area (Å²) >= 11 is 0. The zero-order valence-electron chi connectivity index (χ0n) is 11.5. The molecular weight excluding hydrogens is 256 g/mol. The van der Waals surface area contributed by atoms with E-state index in [1.165, 1.54) is 24.7 Å². The maximum atomic E-state index is 12.0. The third-order valence-electron chi connectivity index (χ3n) is 3.22. The third-order valence-corrected chi connectivity index (χ3v) is 3.22. The average Bonchev–Trinajstić information content (AvgIpc) is 2.45. The van der Waals surface area contributed by atoms with Crippen molar-refractivity contribution in [3.05, 3.63) is 68.5 Å². The molecule has 0 saturated carbocycles. The first kappa shape index (κ1) is 14.0. The van der Waals surface area contributed by atoms with Crippen molar-refractivity contribution in [2.45, 2.75) is 19.9 Å². The molecule has 0 fully saturated rings. The van der Waals surface area contributed by atoms with Crippen LogP contribution in [0.1, 0.15) is 22.8 Å². The average molecular weight is 272 g/mol. The van der Waals surface area contributed by atoms with E-state index in [2.05, 4.69) is 0 Å². The van der Waals surface area contributed by atoms with Crippen LogP contribution >= 0.6 is 0 Å². The normalized spacial score (nSPS) is 10.5. The summed E-state index contributed by atoms with van der Waals surface area (Å²) in [6.07, 6.45) is 2.02. The summed E-state index contributed by atoms with van der Waals surface area (Å²) in [7, 11) is 1.39. The molecule has 2 aromatic rings. The maximum Gasteiger partial charge on any atom is 0.330 e. The molecule has 0 bridgehead atoms. The third kappa shape index (κ3) is 2.77. The minimum Gasteiger partial charge on any atom is -0.299 e. The van der Waals surface area contributed by atoms with E-state index in [9.17, 15) is 14.4 Å². The number of hydrogen-bond donors (Lipinski definition) is 0. The Morgan fingerprint density at radius 2 is 1.80 bits per heavy atom. The highest BCUT2D eigenvalue weighted by atomic mass is 16.2. The topological polar surface area (TPSA) is 61.1 Å². The summed E-state index contributed by atoms with van der Waals surface area (Å²) in [5, 5.41) is 0. The van der Waals surface area contributed by atoms with Crippen molar-refractivity contribution < 1.29 is 4.79 Å². The summed E-state index contributed by atoms with van der Waals surface area (Å²) in [5.41, 5.74) is 0.187. The van der Waals surface area contributed by atoms with E-state index in [0.29, 0.717) is 13.0 Å². The van der Waals surface area contributed by atoms with Crippen LogP contribution in [0.3, 0.4) is 0 Å². The van der Waals surface area contributed by atoms with E-state index < -0.39 is 11.2 Å². The minimum atomic E-state index is -0.543. The minimum absolute atomic E-state index is 0.0418. The molecule has 5 nitrogen and oxygen atoms in total. The van der Waals surface area contributed by atoms with Gasteiger partial charge >= 0.3 is 5.69 Å². The van der Waals surface area contributed by atoms with E-state index in [1.807, 2.05) is 30.3 Å². The van der Waals surface area contributed by atoms with Crippen molar-refractivity contribution in [2.75, 3.05) is 0 Å². The van der Waals surface area contributed by atoms with Crippen molar-refractivity contribution >= 4 is 5.78 Å². The van der Waals surface area contributed by atoms with Crippen LogP contribution in [0.4, 0.5) is 0 Å². The fraction of sp³-hybridized carbons (Fsp3) is 0.267.